The zero-order valence-electron chi connectivity index (χ0n) is 14.5. The van der Waals surface area contributed by atoms with E-state index in [2.05, 4.69) is 16.9 Å². The molecule has 2 bridgehead atoms. The Hall–Kier alpha value is -2.67. The SMILES string of the molecule is O=C(c1ccc(NS(=O)(=O)c2ccccc2F)cc1)N1C2C=CCC1CC2. The van der Waals surface area contributed by atoms with Crippen molar-refractivity contribution in [1.29, 1.82) is 0 Å². The van der Waals surface area contributed by atoms with Crippen molar-refractivity contribution < 1.29 is 17.6 Å². The fraction of sp³-hybridized carbons (Fsp3) is 0.250. The van der Waals surface area contributed by atoms with Crippen molar-refractivity contribution >= 4 is 21.6 Å². The highest BCUT2D eigenvalue weighted by Crippen LogP contribution is 2.33. The lowest BCUT2D eigenvalue weighted by atomic mass is 10.1. The van der Waals surface area contributed by atoms with Crippen molar-refractivity contribution in [2.75, 3.05) is 4.72 Å². The van der Waals surface area contributed by atoms with Gasteiger partial charge in [-0.3, -0.25) is 9.52 Å². The molecule has 2 aliphatic rings. The first-order valence-corrected chi connectivity index (χ1v) is 10.3. The summed E-state index contributed by atoms with van der Waals surface area (Å²) in [5, 5.41) is 0. The van der Waals surface area contributed by atoms with Crippen LogP contribution in [0.2, 0.25) is 0 Å². The standard InChI is InChI=1S/C20H19FN2O3S/c21-18-6-1-2-7-19(18)27(25,26)22-15-10-8-14(9-11-15)20(24)23-16-4-3-5-17(23)13-12-16/h1-4,6-11,16-17,22H,5,12-13H2. The number of halogens is 1. The lowest BCUT2D eigenvalue weighted by molar-refractivity contribution is 0.0689. The predicted molar refractivity (Wildman–Crippen MR) is 100 cm³/mol. The summed E-state index contributed by atoms with van der Waals surface area (Å²) in [6.45, 7) is 0. The van der Waals surface area contributed by atoms with E-state index < -0.39 is 20.7 Å². The average Bonchev–Trinajstić information content (AvgIpc) is 2.90. The van der Waals surface area contributed by atoms with Crippen molar-refractivity contribution in [3.8, 4) is 0 Å². The molecule has 2 atom stereocenters. The first-order chi connectivity index (χ1) is 13.0. The van der Waals surface area contributed by atoms with Crippen LogP contribution in [0, 0.1) is 5.82 Å². The smallest absolute Gasteiger partial charge is 0.264 e. The molecule has 1 N–H and O–H groups in total. The number of amides is 1. The molecule has 7 heteroatoms. The molecule has 0 aromatic heterocycles. The first-order valence-electron chi connectivity index (χ1n) is 8.82. The molecule has 0 spiro atoms. The Labute approximate surface area is 157 Å². The largest absolute Gasteiger partial charge is 0.329 e. The molecule has 2 heterocycles. The van der Waals surface area contributed by atoms with Crippen LogP contribution in [0.3, 0.4) is 0 Å². The van der Waals surface area contributed by atoms with Gasteiger partial charge in [-0.15, -0.1) is 0 Å². The molecule has 2 aliphatic heterocycles. The van der Waals surface area contributed by atoms with Crippen LogP contribution in [-0.4, -0.2) is 31.3 Å². The number of sulfonamides is 1. The summed E-state index contributed by atoms with van der Waals surface area (Å²) < 4.78 is 40.8. The third kappa shape index (κ3) is 3.35. The normalized spacial score (nSPS) is 21.3. The summed E-state index contributed by atoms with van der Waals surface area (Å²) in [5.74, 6) is -0.860. The number of hydrogen-bond acceptors (Lipinski definition) is 3. The molecule has 4 rings (SSSR count). The van der Waals surface area contributed by atoms with Gasteiger partial charge in [0.2, 0.25) is 0 Å². The Bertz CT molecular complexity index is 1000. The van der Waals surface area contributed by atoms with Gasteiger partial charge in [-0.2, -0.15) is 0 Å². The second-order valence-corrected chi connectivity index (χ2v) is 8.44. The Morgan fingerprint density at radius 3 is 2.52 bits per heavy atom. The molecular formula is C20H19FN2O3S. The van der Waals surface area contributed by atoms with Crippen LogP contribution < -0.4 is 4.72 Å². The van der Waals surface area contributed by atoms with E-state index >= 15 is 0 Å². The van der Waals surface area contributed by atoms with Gasteiger partial charge in [0.1, 0.15) is 10.7 Å². The molecule has 0 aliphatic carbocycles. The van der Waals surface area contributed by atoms with Gasteiger partial charge in [-0.05, 0) is 55.7 Å². The maximum absolute atomic E-state index is 13.8. The molecule has 2 aromatic carbocycles. The third-order valence-electron chi connectivity index (χ3n) is 5.06. The Morgan fingerprint density at radius 1 is 1.07 bits per heavy atom. The minimum absolute atomic E-state index is 0.0460. The number of nitrogens with one attached hydrogen (secondary N) is 1. The summed E-state index contributed by atoms with van der Waals surface area (Å²) in [6, 6.07) is 11.8. The molecule has 1 saturated heterocycles. The summed E-state index contributed by atoms with van der Waals surface area (Å²) >= 11 is 0. The average molecular weight is 386 g/mol. The van der Waals surface area contributed by atoms with Crippen LogP contribution in [0.1, 0.15) is 29.6 Å². The molecule has 5 nitrogen and oxygen atoms in total. The number of fused-ring (bicyclic) bond motifs is 2. The number of carbonyl (C=O) groups excluding carboxylic acids is 1. The summed E-state index contributed by atoms with van der Waals surface area (Å²) in [7, 11) is -4.03. The van der Waals surface area contributed by atoms with Gasteiger partial charge in [0.15, 0.2) is 0 Å². The van der Waals surface area contributed by atoms with Crippen molar-refractivity contribution in [1.82, 2.24) is 4.90 Å². The van der Waals surface area contributed by atoms with Crippen molar-refractivity contribution in [3.05, 3.63) is 72.1 Å². The van der Waals surface area contributed by atoms with E-state index in [0.717, 1.165) is 25.3 Å². The minimum Gasteiger partial charge on any atom is -0.329 e. The summed E-state index contributed by atoms with van der Waals surface area (Å²) in [4.78, 5) is 14.3. The summed E-state index contributed by atoms with van der Waals surface area (Å²) in [5.41, 5.74) is 0.785. The molecule has 140 valence electrons. The lowest BCUT2D eigenvalue weighted by Gasteiger charge is -2.31. The summed E-state index contributed by atoms with van der Waals surface area (Å²) in [6.07, 6.45) is 7.07. The van der Waals surface area contributed by atoms with Crippen LogP contribution in [-0.2, 0) is 10.0 Å². The third-order valence-corrected chi connectivity index (χ3v) is 6.47. The number of nitrogens with zero attached hydrogens (tertiary/aromatic N) is 1. The Kier molecular flexibility index (Phi) is 4.47. The first kappa shape index (κ1) is 17.7. The zero-order chi connectivity index (χ0) is 19.0. The van der Waals surface area contributed by atoms with Crippen LogP contribution in [0.15, 0.2) is 65.6 Å². The van der Waals surface area contributed by atoms with Gasteiger partial charge in [0.25, 0.3) is 15.9 Å². The number of rotatable bonds is 4. The number of benzene rings is 2. The van der Waals surface area contributed by atoms with Crippen molar-refractivity contribution in [2.45, 2.75) is 36.2 Å². The topological polar surface area (TPSA) is 66.5 Å². The van der Waals surface area contributed by atoms with Gasteiger partial charge in [0.05, 0.1) is 6.04 Å². The van der Waals surface area contributed by atoms with Gasteiger partial charge >= 0.3 is 0 Å². The second-order valence-electron chi connectivity index (χ2n) is 6.79. The highest BCUT2D eigenvalue weighted by atomic mass is 32.2. The molecule has 1 amide bonds. The molecule has 27 heavy (non-hydrogen) atoms. The molecule has 2 aromatic rings. The molecule has 2 unspecified atom stereocenters. The quantitative estimate of drug-likeness (QED) is 0.817. The number of hydrogen-bond donors (Lipinski definition) is 1. The van der Waals surface area contributed by atoms with E-state index in [1.165, 1.54) is 30.3 Å². The van der Waals surface area contributed by atoms with Crippen molar-refractivity contribution in [2.24, 2.45) is 0 Å². The van der Waals surface area contributed by atoms with Crippen molar-refractivity contribution in [3.63, 3.8) is 0 Å². The van der Waals surface area contributed by atoms with Crippen LogP contribution >= 0.6 is 0 Å². The minimum atomic E-state index is -4.03. The fourth-order valence-corrected chi connectivity index (χ4v) is 4.88. The predicted octanol–water partition coefficient (Wildman–Crippen LogP) is 3.56. The van der Waals surface area contributed by atoms with E-state index in [1.54, 1.807) is 12.1 Å². The van der Waals surface area contributed by atoms with E-state index in [1.807, 2.05) is 4.90 Å². The van der Waals surface area contributed by atoms with Crippen LogP contribution in [0.4, 0.5) is 10.1 Å². The van der Waals surface area contributed by atoms with E-state index in [4.69, 9.17) is 0 Å². The molecule has 1 fully saturated rings. The van der Waals surface area contributed by atoms with Gasteiger partial charge in [-0.25, -0.2) is 12.8 Å². The van der Waals surface area contributed by atoms with E-state index in [-0.39, 0.29) is 23.7 Å². The second kappa shape index (κ2) is 6.81. The zero-order valence-corrected chi connectivity index (χ0v) is 15.3. The number of carbonyl (C=O) groups is 1. The van der Waals surface area contributed by atoms with Crippen LogP contribution in [0.25, 0.3) is 0 Å². The van der Waals surface area contributed by atoms with Gasteiger partial charge < -0.3 is 4.90 Å². The highest BCUT2D eigenvalue weighted by Gasteiger charge is 2.37. The monoisotopic (exact) mass is 386 g/mol. The Morgan fingerprint density at radius 2 is 1.81 bits per heavy atom. The maximum Gasteiger partial charge on any atom is 0.264 e. The maximum atomic E-state index is 13.8. The molecule has 0 saturated carbocycles. The lowest BCUT2D eigenvalue weighted by Crippen LogP contribution is -2.42. The Balaban J connectivity index is 1.52. The van der Waals surface area contributed by atoms with E-state index in [9.17, 15) is 17.6 Å². The van der Waals surface area contributed by atoms with Gasteiger partial charge in [-0.1, -0.05) is 24.3 Å². The highest BCUT2D eigenvalue weighted by molar-refractivity contribution is 7.92. The number of anilines is 1. The molecular weight excluding hydrogens is 367 g/mol. The van der Waals surface area contributed by atoms with E-state index in [0.29, 0.717) is 5.56 Å². The fourth-order valence-electron chi connectivity index (χ4n) is 3.74. The van der Waals surface area contributed by atoms with Crippen LogP contribution in [0.5, 0.6) is 0 Å². The van der Waals surface area contributed by atoms with Gasteiger partial charge in [0, 0.05) is 17.3 Å². The molecule has 0 radical (unpaired) electrons.